The van der Waals surface area contributed by atoms with Gasteiger partial charge in [0.15, 0.2) is 0 Å². The van der Waals surface area contributed by atoms with Gasteiger partial charge >= 0.3 is 5.69 Å². The number of carbonyl (C=O) groups excluding carboxylic acids is 2. The summed E-state index contributed by atoms with van der Waals surface area (Å²) in [6.07, 6.45) is 3.43. The number of imide groups is 1. The van der Waals surface area contributed by atoms with Gasteiger partial charge in [0.2, 0.25) is 11.8 Å². The zero-order valence-corrected chi connectivity index (χ0v) is 18.8. The lowest BCUT2D eigenvalue weighted by atomic mass is 10.1. The fourth-order valence-electron chi connectivity index (χ4n) is 4.60. The number of benzene rings is 1. The molecular weight excluding hydrogens is 410 g/mol. The zero-order valence-electron chi connectivity index (χ0n) is 18.8. The quantitative estimate of drug-likeness (QED) is 0.434. The minimum atomic E-state index is -0.649. The molecule has 1 atom stereocenters. The van der Waals surface area contributed by atoms with Crippen LogP contribution in [-0.4, -0.2) is 71.8 Å². The minimum Gasteiger partial charge on any atom is -0.381 e. The molecule has 0 saturated carbocycles. The lowest BCUT2D eigenvalue weighted by Gasteiger charge is -2.26. The summed E-state index contributed by atoms with van der Waals surface area (Å²) in [5.74, 6) is -0.693. The van der Waals surface area contributed by atoms with Gasteiger partial charge in [-0.05, 0) is 43.4 Å². The molecule has 174 valence electrons. The number of piperazine rings is 1. The van der Waals surface area contributed by atoms with Crippen molar-refractivity contribution in [2.24, 2.45) is 7.05 Å². The van der Waals surface area contributed by atoms with Crippen molar-refractivity contribution < 1.29 is 14.3 Å². The number of piperidine rings is 1. The van der Waals surface area contributed by atoms with Crippen molar-refractivity contribution in [2.75, 3.05) is 45.9 Å². The molecule has 1 unspecified atom stereocenters. The third kappa shape index (κ3) is 5.11. The van der Waals surface area contributed by atoms with E-state index < -0.39 is 11.9 Å². The lowest BCUT2D eigenvalue weighted by Crippen LogP contribution is -2.44. The molecule has 2 aromatic rings. The van der Waals surface area contributed by atoms with E-state index in [0.717, 1.165) is 81.8 Å². The van der Waals surface area contributed by atoms with Gasteiger partial charge < -0.3 is 15.0 Å². The maximum atomic E-state index is 12.8. The number of carbonyl (C=O) groups is 2. The largest absolute Gasteiger partial charge is 0.381 e. The Balaban J connectivity index is 1.30. The van der Waals surface area contributed by atoms with Gasteiger partial charge in [-0.15, -0.1) is 0 Å². The molecular formula is C23H33N5O4. The van der Waals surface area contributed by atoms with E-state index in [1.54, 1.807) is 11.6 Å². The van der Waals surface area contributed by atoms with Crippen LogP contribution in [0.2, 0.25) is 0 Å². The Morgan fingerprint density at radius 3 is 2.62 bits per heavy atom. The summed E-state index contributed by atoms with van der Waals surface area (Å²) in [5, 5.41) is 5.71. The van der Waals surface area contributed by atoms with E-state index in [-0.39, 0.29) is 18.0 Å². The van der Waals surface area contributed by atoms with Crippen molar-refractivity contribution in [2.45, 2.75) is 38.1 Å². The van der Waals surface area contributed by atoms with Gasteiger partial charge in [-0.2, -0.15) is 0 Å². The molecule has 3 heterocycles. The van der Waals surface area contributed by atoms with Crippen LogP contribution in [-0.2, 0) is 27.8 Å². The number of fused-ring (bicyclic) bond motifs is 1. The van der Waals surface area contributed by atoms with E-state index in [2.05, 4.69) is 15.5 Å². The molecule has 32 heavy (non-hydrogen) atoms. The lowest BCUT2D eigenvalue weighted by molar-refractivity contribution is -0.135. The van der Waals surface area contributed by atoms with Crippen LogP contribution in [0.1, 0.15) is 37.3 Å². The van der Waals surface area contributed by atoms with Crippen molar-refractivity contribution in [1.82, 2.24) is 24.7 Å². The number of nitrogens with one attached hydrogen (secondary N) is 2. The molecule has 1 aromatic carbocycles. The first-order valence-electron chi connectivity index (χ1n) is 11.6. The minimum absolute atomic E-state index is 0.237. The van der Waals surface area contributed by atoms with Gasteiger partial charge in [0.25, 0.3) is 0 Å². The normalized spacial score (nSPS) is 20.1. The van der Waals surface area contributed by atoms with E-state index in [9.17, 15) is 14.4 Å². The SMILES string of the molecule is Cn1c(=O)n(C2CCC(=O)NC2=O)c2ccc(CCCOCCCN3CCNCC3)cc21. The molecule has 2 fully saturated rings. The highest BCUT2D eigenvalue weighted by Gasteiger charge is 2.31. The van der Waals surface area contributed by atoms with Gasteiger partial charge in [-0.3, -0.25) is 24.0 Å². The molecule has 9 heteroatoms. The first kappa shape index (κ1) is 22.7. The van der Waals surface area contributed by atoms with E-state index in [1.807, 2.05) is 18.2 Å². The Morgan fingerprint density at radius 2 is 1.84 bits per heavy atom. The highest BCUT2D eigenvalue weighted by molar-refractivity contribution is 6.00. The molecule has 2 amide bonds. The maximum absolute atomic E-state index is 12.8. The molecule has 0 aliphatic carbocycles. The topological polar surface area (TPSA) is 97.6 Å². The molecule has 1 aromatic heterocycles. The van der Waals surface area contributed by atoms with Crippen LogP contribution in [0.15, 0.2) is 23.0 Å². The monoisotopic (exact) mass is 443 g/mol. The maximum Gasteiger partial charge on any atom is 0.329 e. The standard InChI is InChI=1S/C23H33N5O4/c1-26-20-16-17(4-2-14-32-15-3-11-27-12-9-24-10-13-27)5-6-18(20)28(23(26)31)19-7-8-21(29)25-22(19)30/h5-6,16,19,24H,2-4,7-15H2,1H3,(H,25,29,30). The summed E-state index contributed by atoms with van der Waals surface area (Å²) in [5.41, 5.74) is 2.42. The molecule has 2 saturated heterocycles. The number of rotatable bonds is 9. The first-order chi connectivity index (χ1) is 15.5. The number of hydrogen-bond acceptors (Lipinski definition) is 6. The van der Waals surface area contributed by atoms with Crippen molar-refractivity contribution in [3.05, 3.63) is 34.2 Å². The number of ether oxygens (including phenoxy) is 1. The molecule has 2 aliphatic rings. The van der Waals surface area contributed by atoms with Crippen molar-refractivity contribution in [1.29, 1.82) is 0 Å². The predicted octanol–water partition coefficient (Wildman–Crippen LogP) is 0.562. The third-order valence-corrected chi connectivity index (χ3v) is 6.40. The van der Waals surface area contributed by atoms with E-state index in [1.165, 1.54) is 4.57 Å². The van der Waals surface area contributed by atoms with E-state index in [4.69, 9.17) is 4.74 Å². The number of nitrogens with zero attached hydrogens (tertiary/aromatic N) is 3. The second-order valence-electron chi connectivity index (χ2n) is 8.66. The summed E-state index contributed by atoms with van der Waals surface area (Å²) in [4.78, 5) is 39.1. The molecule has 0 bridgehead atoms. The number of amides is 2. The van der Waals surface area contributed by atoms with Crippen LogP contribution in [0.4, 0.5) is 0 Å². The van der Waals surface area contributed by atoms with Crippen molar-refractivity contribution in [3.63, 3.8) is 0 Å². The van der Waals surface area contributed by atoms with Crippen LogP contribution in [0, 0.1) is 0 Å². The van der Waals surface area contributed by atoms with Crippen molar-refractivity contribution in [3.8, 4) is 0 Å². The summed E-state index contributed by atoms with van der Waals surface area (Å²) >= 11 is 0. The zero-order chi connectivity index (χ0) is 22.5. The summed E-state index contributed by atoms with van der Waals surface area (Å²) < 4.78 is 8.90. The molecule has 2 aliphatic heterocycles. The van der Waals surface area contributed by atoms with E-state index in [0.29, 0.717) is 6.42 Å². The fourth-order valence-corrected chi connectivity index (χ4v) is 4.60. The average Bonchev–Trinajstić information content (AvgIpc) is 3.04. The Morgan fingerprint density at radius 1 is 1.06 bits per heavy atom. The van der Waals surface area contributed by atoms with Gasteiger partial charge in [0.1, 0.15) is 6.04 Å². The Kier molecular flexibility index (Phi) is 7.39. The molecule has 0 spiro atoms. The highest BCUT2D eigenvalue weighted by Crippen LogP contribution is 2.24. The summed E-state index contributed by atoms with van der Waals surface area (Å²) in [6, 6.07) is 5.28. The van der Waals surface area contributed by atoms with Gasteiger partial charge in [-0.1, -0.05) is 6.07 Å². The van der Waals surface area contributed by atoms with Crippen LogP contribution < -0.4 is 16.3 Å². The molecule has 4 rings (SSSR count). The van der Waals surface area contributed by atoms with Crippen LogP contribution in [0.5, 0.6) is 0 Å². The Bertz CT molecular complexity index is 1020. The Hall–Kier alpha value is -2.49. The number of hydrogen-bond donors (Lipinski definition) is 2. The van der Waals surface area contributed by atoms with Gasteiger partial charge in [0, 0.05) is 59.4 Å². The first-order valence-corrected chi connectivity index (χ1v) is 11.6. The number of imidazole rings is 1. The van der Waals surface area contributed by atoms with Gasteiger partial charge in [-0.25, -0.2) is 4.79 Å². The average molecular weight is 444 g/mol. The smallest absolute Gasteiger partial charge is 0.329 e. The van der Waals surface area contributed by atoms with Crippen molar-refractivity contribution >= 4 is 22.8 Å². The summed E-state index contributed by atoms with van der Waals surface area (Å²) in [7, 11) is 1.72. The van der Waals surface area contributed by atoms with Crippen LogP contribution >= 0.6 is 0 Å². The van der Waals surface area contributed by atoms with Crippen LogP contribution in [0.25, 0.3) is 11.0 Å². The number of aryl methyl sites for hydroxylation is 2. The second-order valence-corrected chi connectivity index (χ2v) is 8.66. The fraction of sp³-hybridized carbons (Fsp3) is 0.609. The van der Waals surface area contributed by atoms with Gasteiger partial charge in [0.05, 0.1) is 11.0 Å². The highest BCUT2D eigenvalue weighted by atomic mass is 16.5. The van der Waals surface area contributed by atoms with E-state index >= 15 is 0 Å². The Labute approximate surface area is 187 Å². The summed E-state index contributed by atoms with van der Waals surface area (Å²) in [6.45, 7) is 6.99. The molecule has 2 N–H and O–H groups in total. The predicted molar refractivity (Wildman–Crippen MR) is 122 cm³/mol. The van der Waals surface area contributed by atoms with Crippen LogP contribution in [0.3, 0.4) is 0 Å². The molecule has 9 nitrogen and oxygen atoms in total. The third-order valence-electron chi connectivity index (χ3n) is 6.40. The second kappa shape index (κ2) is 10.4. The molecule has 0 radical (unpaired) electrons. The number of aromatic nitrogens is 2.